The summed E-state index contributed by atoms with van der Waals surface area (Å²) in [7, 11) is -2.94. The summed E-state index contributed by atoms with van der Waals surface area (Å²) in [4.78, 5) is 11.7. The van der Waals surface area contributed by atoms with Gasteiger partial charge in [0.2, 0.25) is 6.54 Å². The fourth-order valence-electron chi connectivity index (χ4n) is 1.89. The van der Waals surface area contributed by atoms with E-state index in [-0.39, 0.29) is 42.4 Å². The molecule has 0 aromatic carbocycles. The molecule has 1 unspecified atom stereocenters. The van der Waals surface area contributed by atoms with Gasteiger partial charge in [-0.1, -0.05) is 6.07 Å². The van der Waals surface area contributed by atoms with Crippen LogP contribution < -0.4 is 22.3 Å². The highest BCUT2D eigenvalue weighted by Gasteiger charge is 2.29. The Bertz CT molecular complexity index is 504. The van der Waals surface area contributed by atoms with Crippen LogP contribution in [0.2, 0.25) is 0 Å². The number of amides is 1. The Morgan fingerprint density at radius 3 is 2.50 bits per heavy atom. The van der Waals surface area contributed by atoms with Crippen molar-refractivity contribution < 1.29 is 30.2 Å². The summed E-state index contributed by atoms with van der Waals surface area (Å²) in [5.41, 5.74) is 0. The van der Waals surface area contributed by atoms with Gasteiger partial charge in [0.25, 0.3) is 5.91 Å². The van der Waals surface area contributed by atoms with Crippen molar-refractivity contribution in [3.63, 3.8) is 0 Å². The molecule has 1 aliphatic heterocycles. The zero-order valence-electron chi connectivity index (χ0n) is 9.75. The third kappa shape index (κ3) is 4.27. The van der Waals surface area contributed by atoms with Crippen LogP contribution in [0, 0.1) is 0 Å². The van der Waals surface area contributed by atoms with E-state index in [1.165, 1.54) is 0 Å². The van der Waals surface area contributed by atoms with E-state index < -0.39 is 9.84 Å². The molecule has 18 heavy (non-hydrogen) atoms. The molecular weight excluding hydrogens is 276 g/mol. The third-order valence-electron chi connectivity index (χ3n) is 2.70. The zero-order chi connectivity index (χ0) is 12.3. The molecule has 100 valence electrons. The van der Waals surface area contributed by atoms with E-state index in [1.54, 1.807) is 17.0 Å². The normalized spacial score (nSPS) is 21.0. The summed E-state index contributed by atoms with van der Waals surface area (Å²) in [5, 5.41) is 2.74. The van der Waals surface area contributed by atoms with Crippen molar-refractivity contribution in [1.82, 2.24) is 5.32 Å². The van der Waals surface area contributed by atoms with Gasteiger partial charge in [-0.15, -0.1) is 0 Å². The highest BCUT2D eigenvalue weighted by molar-refractivity contribution is 7.91. The van der Waals surface area contributed by atoms with Gasteiger partial charge in [-0.05, 0) is 6.42 Å². The van der Waals surface area contributed by atoms with Gasteiger partial charge < -0.3 is 17.7 Å². The Kier molecular flexibility index (Phi) is 5.10. The number of carbonyl (C=O) groups is 1. The standard InChI is InChI=1S/C11H14N2O3S.ClH/c14-11(8-13-5-2-1-3-6-13)12-10-4-7-17(15,16)9-10;/h1-3,5-6,10H,4,7-9H2;1H. The molecule has 1 N–H and O–H groups in total. The molecule has 2 rings (SSSR count). The minimum absolute atomic E-state index is 0. The first-order valence-corrected chi connectivity index (χ1v) is 7.31. The van der Waals surface area contributed by atoms with Gasteiger partial charge in [0.15, 0.2) is 22.2 Å². The fraction of sp³-hybridized carbons (Fsp3) is 0.455. The Morgan fingerprint density at radius 1 is 1.28 bits per heavy atom. The maximum Gasteiger partial charge on any atom is 0.286 e. The summed E-state index contributed by atoms with van der Waals surface area (Å²) in [5.74, 6) is 0.0949. The molecule has 1 fully saturated rings. The van der Waals surface area contributed by atoms with Crippen molar-refractivity contribution >= 4 is 15.7 Å². The molecule has 1 aromatic rings. The Balaban J connectivity index is 0.00000162. The summed E-state index contributed by atoms with van der Waals surface area (Å²) in [6.45, 7) is 0.220. The Hall–Kier alpha value is -1.14. The first kappa shape index (κ1) is 14.9. The van der Waals surface area contributed by atoms with Gasteiger partial charge in [0, 0.05) is 18.2 Å². The lowest BCUT2D eigenvalue weighted by atomic mass is 10.2. The fourth-order valence-corrected chi connectivity index (χ4v) is 3.56. The second-order valence-corrected chi connectivity index (χ2v) is 6.44. The summed E-state index contributed by atoms with van der Waals surface area (Å²) in [6.07, 6.45) is 4.11. The van der Waals surface area contributed by atoms with Crippen LogP contribution in [0.25, 0.3) is 0 Å². The van der Waals surface area contributed by atoms with Gasteiger partial charge in [-0.25, -0.2) is 8.42 Å². The van der Waals surface area contributed by atoms with Crippen molar-refractivity contribution in [3.05, 3.63) is 30.6 Å². The number of nitrogens with zero attached hydrogens (tertiary/aromatic N) is 1. The van der Waals surface area contributed by atoms with E-state index in [0.29, 0.717) is 6.42 Å². The molecule has 0 spiro atoms. The maximum absolute atomic E-state index is 11.7. The number of halogens is 1. The minimum Gasteiger partial charge on any atom is -1.00 e. The number of hydrogen-bond acceptors (Lipinski definition) is 3. The SMILES string of the molecule is O=C(C[n+]1ccccc1)NC1CCS(=O)(=O)C1.[Cl-]. The summed E-state index contributed by atoms with van der Waals surface area (Å²) < 4.78 is 24.2. The number of hydrogen-bond donors (Lipinski definition) is 1. The molecular formula is C11H15ClN2O3S. The molecule has 0 bridgehead atoms. The van der Waals surface area contributed by atoms with Crippen molar-refractivity contribution in [2.45, 2.75) is 19.0 Å². The van der Waals surface area contributed by atoms with Crippen LogP contribution in [-0.2, 0) is 21.2 Å². The van der Waals surface area contributed by atoms with Crippen molar-refractivity contribution in [1.29, 1.82) is 0 Å². The second-order valence-electron chi connectivity index (χ2n) is 4.22. The molecule has 7 heteroatoms. The van der Waals surface area contributed by atoms with E-state index in [2.05, 4.69) is 5.32 Å². The van der Waals surface area contributed by atoms with Gasteiger partial charge in [0.1, 0.15) is 0 Å². The van der Waals surface area contributed by atoms with Gasteiger partial charge in [-0.3, -0.25) is 4.79 Å². The van der Waals surface area contributed by atoms with Crippen LogP contribution in [0.5, 0.6) is 0 Å². The predicted octanol–water partition coefficient (Wildman–Crippen LogP) is -3.72. The number of nitrogens with one attached hydrogen (secondary N) is 1. The van der Waals surface area contributed by atoms with Crippen molar-refractivity contribution in [2.24, 2.45) is 0 Å². The quantitative estimate of drug-likeness (QED) is 0.582. The zero-order valence-corrected chi connectivity index (χ0v) is 11.3. The number of sulfone groups is 1. The van der Waals surface area contributed by atoms with Gasteiger partial charge in [0.05, 0.1) is 11.5 Å². The lowest BCUT2D eigenvalue weighted by Crippen LogP contribution is -3.00. The van der Waals surface area contributed by atoms with Crippen LogP contribution >= 0.6 is 0 Å². The van der Waals surface area contributed by atoms with Gasteiger partial charge in [-0.2, -0.15) is 4.57 Å². The molecule has 0 radical (unpaired) electrons. The molecule has 5 nitrogen and oxygen atoms in total. The summed E-state index contributed by atoms with van der Waals surface area (Å²) >= 11 is 0. The van der Waals surface area contributed by atoms with Crippen LogP contribution in [0.4, 0.5) is 0 Å². The Labute approximate surface area is 113 Å². The molecule has 1 atom stereocenters. The van der Waals surface area contributed by atoms with Crippen LogP contribution in [0.1, 0.15) is 6.42 Å². The number of carbonyl (C=O) groups excluding carboxylic acids is 1. The average molecular weight is 291 g/mol. The smallest absolute Gasteiger partial charge is 0.286 e. The lowest BCUT2D eigenvalue weighted by Gasteiger charge is -2.08. The van der Waals surface area contributed by atoms with Crippen LogP contribution in [-0.4, -0.2) is 31.9 Å². The maximum atomic E-state index is 11.7. The monoisotopic (exact) mass is 290 g/mol. The number of pyridine rings is 1. The molecule has 1 aliphatic rings. The predicted molar refractivity (Wildman–Crippen MR) is 61.8 cm³/mol. The van der Waals surface area contributed by atoms with Crippen LogP contribution in [0.3, 0.4) is 0 Å². The topological polar surface area (TPSA) is 67.1 Å². The molecule has 0 aliphatic carbocycles. The van der Waals surface area contributed by atoms with E-state index in [9.17, 15) is 13.2 Å². The Morgan fingerprint density at radius 2 is 1.94 bits per heavy atom. The van der Waals surface area contributed by atoms with Crippen molar-refractivity contribution in [3.8, 4) is 0 Å². The molecule has 2 heterocycles. The minimum atomic E-state index is -2.94. The molecule has 1 aromatic heterocycles. The molecule has 1 saturated heterocycles. The first-order valence-electron chi connectivity index (χ1n) is 5.49. The van der Waals surface area contributed by atoms with E-state index >= 15 is 0 Å². The highest BCUT2D eigenvalue weighted by atomic mass is 35.5. The average Bonchev–Trinajstić information content (AvgIpc) is 2.59. The summed E-state index contributed by atoms with van der Waals surface area (Å²) in [6, 6.07) is 5.33. The lowest BCUT2D eigenvalue weighted by molar-refractivity contribution is -0.684. The molecule has 0 saturated carbocycles. The van der Waals surface area contributed by atoms with E-state index in [4.69, 9.17) is 0 Å². The third-order valence-corrected chi connectivity index (χ3v) is 4.47. The first-order chi connectivity index (χ1) is 8.05. The highest BCUT2D eigenvalue weighted by Crippen LogP contribution is 2.10. The second kappa shape index (κ2) is 6.15. The van der Waals surface area contributed by atoms with E-state index in [0.717, 1.165) is 0 Å². The number of aromatic nitrogens is 1. The van der Waals surface area contributed by atoms with Crippen molar-refractivity contribution in [2.75, 3.05) is 11.5 Å². The molecule has 1 amide bonds. The van der Waals surface area contributed by atoms with Gasteiger partial charge >= 0.3 is 0 Å². The van der Waals surface area contributed by atoms with Crippen LogP contribution in [0.15, 0.2) is 30.6 Å². The largest absolute Gasteiger partial charge is 1.00 e. The van der Waals surface area contributed by atoms with E-state index in [1.807, 2.05) is 18.2 Å². The number of rotatable bonds is 3.